The molecule has 1 aromatic heterocycles. The number of thioether (sulfide) groups is 1. The van der Waals surface area contributed by atoms with E-state index in [9.17, 15) is 23.6 Å². The number of hydrogen-bond donors (Lipinski definition) is 2. The first-order valence-electron chi connectivity index (χ1n) is 12.5. The van der Waals surface area contributed by atoms with Crippen molar-refractivity contribution in [3.63, 3.8) is 0 Å². The minimum atomic E-state index is -0.721. The zero-order valence-corrected chi connectivity index (χ0v) is 23.1. The number of amides is 3. The molecule has 12 heteroatoms. The molecule has 0 saturated carbocycles. The number of rotatable bonds is 7. The second-order valence-corrected chi connectivity index (χ2v) is 11.5. The molecule has 41 heavy (non-hydrogen) atoms. The molecule has 2 aliphatic rings. The van der Waals surface area contributed by atoms with Gasteiger partial charge >= 0.3 is 4.87 Å². The second-order valence-electron chi connectivity index (χ2n) is 9.37. The molecule has 0 bridgehead atoms. The highest BCUT2D eigenvalue weighted by molar-refractivity contribution is 8.00. The monoisotopic (exact) mass is 591 g/mol. The summed E-state index contributed by atoms with van der Waals surface area (Å²) < 4.78 is 23.9. The molecule has 3 heterocycles. The van der Waals surface area contributed by atoms with E-state index in [1.807, 2.05) is 0 Å². The molecule has 3 atom stereocenters. The van der Waals surface area contributed by atoms with Crippen LogP contribution in [0.3, 0.4) is 0 Å². The number of ether oxygens (including phenoxy) is 2. The van der Waals surface area contributed by atoms with Crippen LogP contribution in [-0.2, 0) is 14.4 Å². The Kier molecular flexibility index (Phi) is 7.10. The number of hydrogen-bond acceptors (Lipinski definition) is 8. The van der Waals surface area contributed by atoms with E-state index in [1.54, 1.807) is 48.5 Å². The summed E-state index contributed by atoms with van der Waals surface area (Å²) in [5, 5.41) is 2.50. The number of benzene rings is 3. The van der Waals surface area contributed by atoms with E-state index >= 15 is 0 Å². The largest absolute Gasteiger partial charge is 0.497 e. The van der Waals surface area contributed by atoms with E-state index in [1.165, 1.54) is 48.0 Å². The maximum atomic E-state index is 13.8. The van der Waals surface area contributed by atoms with Gasteiger partial charge in [-0.15, -0.1) is 0 Å². The molecule has 0 spiro atoms. The van der Waals surface area contributed by atoms with Crippen LogP contribution in [0.2, 0.25) is 0 Å². The zero-order valence-electron chi connectivity index (χ0n) is 21.5. The highest BCUT2D eigenvalue weighted by Gasteiger charge is 2.56. The standard InChI is InChI=1S/C29H22FN3O6S2/c1-38-19-12-8-18(9-13-19)33-27(35)23-22(24-26(32-29(37)41-24)40-25(23)28(33)36)15-2-10-20(11-3-15)39-14-21(34)31-17-6-4-16(30)5-7-17/h2-13,22-23,25H,14H2,1H3,(H,31,34)(H,32,37). The zero-order chi connectivity index (χ0) is 28.7. The van der Waals surface area contributed by atoms with Crippen molar-refractivity contribution in [2.45, 2.75) is 16.2 Å². The summed E-state index contributed by atoms with van der Waals surface area (Å²) >= 11 is 2.24. The smallest absolute Gasteiger partial charge is 0.305 e. The fourth-order valence-corrected chi connectivity index (χ4v) is 7.53. The number of nitrogens with zero attached hydrogens (tertiary/aromatic N) is 1. The molecule has 6 rings (SSSR count). The number of aromatic nitrogens is 1. The Balaban J connectivity index is 1.23. The average molecular weight is 592 g/mol. The highest BCUT2D eigenvalue weighted by Crippen LogP contribution is 2.53. The van der Waals surface area contributed by atoms with Crippen LogP contribution in [0.15, 0.2) is 82.6 Å². The Labute approximate surface area is 241 Å². The summed E-state index contributed by atoms with van der Waals surface area (Å²) in [6, 6.07) is 19.0. The fourth-order valence-electron chi connectivity index (χ4n) is 5.01. The SMILES string of the molecule is COc1ccc(N2C(=O)C3Sc4[nH]c(=O)sc4C(c4ccc(OCC(=O)Nc5ccc(F)cc5)cc4)C3C2=O)cc1. The number of carbonyl (C=O) groups excluding carboxylic acids is 3. The number of halogens is 1. The van der Waals surface area contributed by atoms with Gasteiger partial charge in [-0.1, -0.05) is 35.2 Å². The molecule has 3 aromatic carbocycles. The summed E-state index contributed by atoms with van der Waals surface area (Å²) in [7, 11) is 1.54. The Morgan fingerprint density at radius 1 is 0.951 bits per heavy atom. The van der Waals surface area contributed by atoms with Crippen LogP contribution in [0.5, 0.6) is 11.5 Å². The van der Waals surface area contributed by atoms with E-state index in [2.05, 4.69) is 10.3 Å². The quantitative estimate of drug-likeness (QED) is 0.306. The number of methoxy groups -OCH3 is 1. The molecule has 0 radical (unpaired) electrons. The second kappa shape index (κ2) is 10.9. The fraction of sp³-hybridized carbons (Fsp3) is 0.172. The van der Waals surface area contributed by atoms with Crippen LogP contribution in [0.4, 0.5) is 15.8 Å². The van der Waals surface area contributed by atoms with Crippen molar-refractivity contribution in [1.82, 2.24) is 4.98 Å². The first-order chi connectivity index (χ1) is 19.8. The molecule has 4 aromatic rings. The number of thiazole rings is 1. The third kappa shape index (κ3) is 5.11. The molecule has 3 unspecified atom stereocenters. The summed E-state index contributed by atoms with van der Waals surface area (Å²) in [5.74, 6) is -1.73. The van der Waals surface area contributed by atoms with Gasteiger partial charge in [0.25, 0.3) is 5.91 Å². The minimum Gasteiger partial charge on any atom is -0.497 e. The third-order valence-electron chi connectivity index (χ3n) is 6.89. The molecular weight excluding hydrogens is 569 g/mol. The number of carbonyl (C=O) groups is 3. The van der Waals surface area contributed by atoms with Crippen molar-refractivity contribution >= 4 is 52.2 Å². The highest BCUT2D eigenvalue weighted by atomic mass is 32.2. The lowest BCUT2D eigenvalue weighted by molar-refractivity contribution is -0.122. The summed E-state index contributed by atoms with van der Waals surface area (Å²) in [6.45, 7) is -0.269. The van der Waals surface area contributed by atoms with Crippen molar-refractivity contribution < 1.29 is 28.2 Å². The Bertz CT molecular complexity index is 1690. The molecular formula is C29H22FN3O6S2. The molecule has 9 nitrogen and oxygen atoms in total. The van der Waals surface area contributed by atoms with Crippen LogP contribution in [-0.4, -0.2) is 41.7 Å². The van der Waals surface area contributed by atoms with E-state index in [4.69, 9.17) is 9.47 Å². The van der Waals surface area contributed by atoms with Crippen molar-refractivity contribution in [2.75, 3.05) is 23.9 Å². The molecule has 2 aliphatic heterocycles. The number of nitrogens with one attached hydrogen (secondary N) is 2. The van der Waals surface area contributed by atoms with Gasteiger partial charge < -0.3 is 19.8 Å². The summed E-state index contributed by atoms with van der Waals surface area (Å²) in [6.07, 6.45) is 0. The lowest BCUT2D eigenvalue weighted by atomic mass is 9.83. The molecule has 1 saturated heterocycles. The molecule has 2 N–H and O–H groups in total. The number of fused-ring (bicyclic) bond motifs is 2. The Hall–Kier alpha value is -4.42. The molecule has 3 amide bonds. The average Bonchev–Trinajstić information content (AvgIpc) is 3.47. The first kappa shape index (κ1) is 26.8. The van der Waals surface area contributed by atoms with E-state index in [0.29, 0.717) is 32.8 Å². The summed E-state index contributed by atoms with van der Waals surface area (Å²) in [5.41, 5.74) is 1.63. The van der Waals surface area contributed by atoms with Crippen molar-refractivity contribution in [1.29, 1.82) is 0 Å². The molecule has 1 fully saturated rings. The Morgan fingerprint density at radius 2 is 1.63 bits per heavy atom. The van der Waals surface area contributed by atoms with E-state index in [0.717, 1.165) is 16.9 Å². The van der Waals surface area contributed by atoms with Crippen LogP contribution in [0, 0.1) is 11.7 Å². The molecule has 0 aliphatic carbocycles. The van der Waals surface area contributed by atoms with Crippen LogP contribution in [0.1, 0.15) is 16.4 Å². The van der Waals surface area contributed by atoms with Crippen LogP contribution < -0.4 is 24.6 Å². The van der Waals surface area contributed by atoms with Gasteiger partial charge in [-0.2, -0.15) is 0 Å². The Morgan fingerprint density at radius 3 is 2.32 bits per heavy atom. The van der Waals surface area contributed by atoms with Gasteiger partial charge in [0.2, 0.25) is 11.8 Å². The van der Waals surface area contributed by atoms with Crippen LogP contribution in [0.25, 0.3) is 0 Å². The van der Waals surface area contributed by atoms with Gasteiger partial charge in [0.1, 0.15) is 22.6 Å². The lowest BCUT2D eigenvalue weighted by Crippen LogP contribution is -2.32. The van der Waals surface area contributed by atoms with Gasteiger partial charge in [-0.05, 0) is 66.2 Å². The van der Waals surface area contributed by atoms with Crippen LogP contribution >= 0.6 is 23.1 Å². The number of H-pyrrole nitrogens is 1. The molecule has 208 valence electrons. The predicted molar refractivity (Wildman–Crippen MR) is 152 cm³/mol. The lowest BCUT2D eigenvalue weighted by Gasteiger charge is -2.29. The predicted octanol–water partition coefficient (Wildman–Crippen LogP) is 4.40. The first-order valence-corrected chi connectivity index (χ1v) is 14.2. The van der Waals surface area contributed by atoms with E-state index < -0.39 is 28.8 Å². The number of imide groups is 1. The topological polar surface area (TPSA) is 118 Å². The normalized spacial score (nSPS) is 19.5. The van der Waals surface area contributed by atoms with E-state index in [-0.39, 0.29) is 23.3 Å². The van der Waals surface area contributed by atoms with Crippen molar-refractivity contribution in [2.24, 2.45) is 5.92 Å². The third-order valence-corrected chi connectivity index (χ3v) is 9.29. The van der Waals surface area contributed by atoms with Gasteiger partial charge in [0.05, 0.1) is 23.7 Å². The number of aromatic amines is 1. The number of anilines is 2. The maximum absolute atomic E-state index is 13.8. The van der Waals surface area contributed by atoms with Gasteiger partial charge in [-0.25, -0.2) is 9.29 Å². The summed E-state index contributed by atoms with van der Waals surface area (Å²) in [4.78, 5) is 56.4. The van der Waals surface area contributed by atoms with Gasteiger partial charge in [0, 0.05) is 16.5 Å². The maximum Gasteiger partial charge on any atom is 0.305 e. The van der Waals surface area contributed by atoms with Gasteiger partial charge in [-0.3, -0.25) is 19.2 Å². The van der Waals surface area contributed by atoms with Crippen molar-refractivity contribution in [3.05, 3.63) is 98.7 Å². The minimum absolute atomic E-state index is 0.258. The van der Waals surface area contributed by atoms with Crippen molar-refractivity contribution in [3.8, 4) is 11.5 Å². The van der Waals surface area contributed by atoms with Gasteiger partial charge in [0.15, 0.2) is 6.61 Å².